The van der Waals surface area contributed by atoms with Crippen LogP contribution in [0.15, 0.2) is 54.7 Å². The summed E-state index contributed by atoms with van der Waals surface area (Å²) in [6.07, 6.45) is 3.11. The second kappa shape index (κ2) is 5.49. The van der Waals surface area contributed by atoms with Crippen molar-refractivity contribution in [3.8, 4) is 11.3 Å². The van der Waals surface area contributed by atoms with Crippen molar-refractivity contribution in [2.75, 3.05) is 0 Å². The summed E-state index contributed by atoms with van der Waals surface area (Å²) in [5.74, 6) is 1.17. The number of hydrogen-bond acceptors (Lipinski definition) is 1. The summed E-state index contributed by atoms with van der Waals surface area (Å²) in [5, 5.41) is 0. The molecule has 0 aliphatic carbocycles. The van der Waals surface area contributed by atoms with Gasteiger partial charge in [-0.1, -0.05) is 54.1 Å². The first-order valence-electron chi connectivity index (χ1n) is 6.99. The van der Waals surface area contributed by atoms with Gasteiger partial charge in [0.1, 0.15) is 5.82 Å². The third kappa shape index (κ3) is 2.54. The van der Waals surface area contributed by atoms with Crippen molar-refractivity contribution in [3.63, 3.8) is 0 Å². The number of halogens is 1. The van der Waals surface area contributed by atoms with Gasteiger partial charge >= 0.3 is 0 Å². The molecule has 1 aliphatic heterocycles. The van der Waals surface area contributed by atoms with E-state index in [1.165, 1.54) is 28.1 Å². The second-order valence-electron chi connectivity index (χ2n) is 5.48. The minimum Gasteiger partial charge on any atom is -0.330 e. The highest BCUT2D eigenvalue weighted by Gasteiger charge is 2.17. The molecule has 1 aromatic heterocycles. The molecule has 21 heavy (non-hydrogen) atoms. The lowest BCUT2D eigenvalue weighted by molar-refractivity contribution is 0.701. The van der Waals surface area contributed by atoms with Crippen LogP contribution in [0.3, 0.4) is 0 Å². The predicted octanol–water partition coefficient (Wildman–Crippen LogP) is 4.39. The molecule has 0 atom stereocenters. The van der Waals surface area contributed by atoms with E-state index < -0.39 is 0 Å². The summed E-state index contributed by atoms with van der Waals surface area (Å²) in [6, 6.07) is 17.2. The normalized spacial score (nSPS) is 12.2. The molecule has 2 aromatic carbocycles. The van der Waals surface area contributed by atoms with Gasteiger partial charge in [0.05, 0.1) is 5.69 Å². The zero-order valence-corrected chi connectivity index (χ0v) is 13.6. The molecule has 0 N–H and O–H groups in total. The molecule has 0 unspecified atom stereocenters. The molecule has 1 aliphatic rings. The zero-order chi connectivity index (χ0) is 13.5. The van der Waals surface area contributed by atoms with Crippen LogP contribution < -0.4 is 0 Å². The summed E-state index contributed by atoms with van der Waals surface area (Å²) in [6.45, 7) is 3.04. The predicted molar refractivity (Wildman–Crippen MR) is 91.1 cm³/mol. The quantitative estimate of drug-likeness (QED) is 0.502. The molecule has 0 saturated carbocycles. The van der Waals surface area contributed by atoms with Crippen LogP contribution >= 0.6 is 17.0 Å². The van der Waals surface area contributed by atoms with Crippen LogP contribution in [0, 0.1) is 6.92 Å². The Kier molecular flexibility index (Phi) is 3.68. The maximum absolute atomic E-state index is 4.81. The molecule has 2 nitrogen and oxygen atoms in total. The maximum atomic E-state index is 4.81. The van der Waals surface area contributed by atoms with Gasteiger partial charge in [-0.3, -0.25) is 0 Å². The van der Waals surface area contributed by atoms with E-state index in [4.69, 9.17) is 4.98 Å². The van der Waals surface area contributed by atoms with Crippen molar-refractivity contribution in [2.45, 2.75) is 19.9 Å². The highest BCUT2D eigenvalue weighted by molar-refractivity contribution is 8.93. The van der Waals surface area contributed by atoms with Gasteiger partial charge in [0.15, 0.2) is 0 Å². The van der Waals surface area contributed by atoms with Gasteiger partial charge in [-0.25, -0.2) is 4.98 Å². The Hall–Kier alpha value is -1.87. The van der Waals surface area contributed by atoms with Crippen LogP contribution in [-0.4, -0.2) is 9.55 Å². The molecule has 0 bridgehead atoms. The van der Waals surface area contributed by atoms with Crippen molar-refractivity contribution in [2.24, 2.45) is 0 Å². The van der Waals surface area contributed by atoms with Crippen LogP contribution in [0.5, 0.6) is 0 Å². The molecule has 0 radical (unpaired) electrons. The Labute approximate surface area is 135 Å². The maximum Gasteiger partial charge on any atom is 0.114 e. The summed E-state index contributed by atoms with van der Waals surface area (Å²) < 4.78 is 2.28. The molecule has 3 aromatic rings. The number of nitrogens with zero attached hydrogens (tertiary/aromatic N) is 2. The van der Waals surface area contributed by atoms with E-state index in [9.17, 15) is 0 Å². The van der Waals surface area contributed by atoms with Crippen LogP contribution in [0.1, 0.15) is 22.5 Å². The van der Waals surface area contributed by atoms with E-state index in [1.807, 2.05) is 0 Å². The first-order chi connectivity index (χ1) is 9.79. The molecule has 3 heteroatoms. The Bertz CT molecular complexity index is 730. The number of aromatic nitrogens is 2. The van der Waals surface area contributed by atoms with E-state index in [0.29, 0.717) is 0 Å². The van der Waals surface area contributed by atoms with Gasteiger partial charge in [0.2, 0.25) is 0 Å². The van der Waals surface area contributed by atoms with Gasteiger partial charge in [-0.05, 0) is 18.1 Å². The summed E-state index contributed by atoms with van der Waals surface area (Å²) >= 11 is 0. The fourth-order valence-electron chi connectivity index (χ4n) is 2.83. The number of aryl methyl sites for hydroxylation is 1. The summed E-state index contributed by atoms with van der Waals surface area (Å²) in [4.78, 5) is 4.81. The minimum absolute atomic E-state index is 0. The molecular weight excluding hydrogens is 324 g/mol. The third-order valence-electron chi connectivity index (χ3n) is 4.01. The van der Waals surface area contributed by atoms with E-state index in [0.717, 1.165) is 18.7 Å². The monoisotopic (exact) mass is 340 g/mol. The molecule has 0 spiro atoms. The second-order valence-corrected chi connectivity index (χ2v) is 5.48. The lowest BCUT2D eigenvalue weighted by atomic mass is 10.0. The Morgan fingerprint density at radius 1 is 0.952 bits per heavy atom. The lowest BCUT2D eigenvalue weighted by Gasteiger charge is -2.17. The van der Waals surface area contributed by atoms with Crippen LogP contribution in [0.25, 0.3) is 11.3 Å². The van der Waals surface area contributed by atoms with Crippen LogP contribution in [0.4, 0.5) is 0 Å². The fraction of sp³-hybridized carbons (Fsp3) is 0.167. The van der Waals surface area contributed by atoms with E-state index in [-0.39, 0.29) is 17.0 Å². The van der Waals surface area contributed by atoms with E-state index >= 15 is 0 Å². The number of imidazole rings is 1. The Morgan fingerprint density at radius 3 is 2.43 bits per heavy atom. The molecule has 0 amide bonds. The number of benzene rings is 2. The van der Waals surface area contributed by atoms with Crippen molar-refractivity contribution in [3.05, 3.63) is 77.2 Å². The van der Waals surface area contributed by atoms with Gasteiger partial charge in [-0.2, -0.15) is 0 Å². The van der Waals surface area contributed by atoms with Gasteiger partial charge < -0.3 is 4.57 Å². The average molecular weight is 341 g/mol. The third-order valence-corrected chi connectivity index (χ3v) is 4.01. The molecule has 106 valence electrons. The van der Waals surface area contributed by atoms with Crippen LogP contribution in [-0.2, 0) is 13.0 Å². The average Bonchev–Trinajstić information content (AvgIpc) is 2.88. The standard InChI is InChI=1S/C18H16N2.BrH/c1-13-6-8-14(9-7-13)17-12-20-11-16-5-3-2-4-15(16)10-18(20)19-17;/h2-9,12H,10-11H2,1H3;1H. The van der Waals surface area contributed by atoms with Gasteiger partial charge in [0, 0.05) is 24.7 Å². The van der Waals surface area contributed by atoms with E-state index in [1.54, 1.807) is 0 Å². The first-order valence-corrected chi connectivity index (χ1v) is 6.99. The Morgan fingerprint density at radius 2 is 1.67 bits per heavy atom. The highest BCUT2D eigenvalue weighted by atomic mass is 79.9. The van der Waals surface area contributed by atoms with Crippen molar-refractivity contribution in [1.29, 1.82) is 0 Å². The molecule has 4 rings (SSSR count). The molecule has 0 saturated heterocycles. The molecule has 0 fully saturated rings. The highest BCUT2D eigenvalue weighted by Crippen LogP contribution is 2.26. The first kappa shape index (κ1) is 14.1. The fourth-order valence-corrected chi connectivity index (χ4v) is 2.83. The number of hydrogen-bond donors (Lipinski definition) is 0. The largest absolute Gasteiger partial charge is 0.330 e. The molecular formula is C18H17BrN2. The smallest absolute Gasteiger partial charge is 0.114 e. The zero-order valence-electron chi connectivity index (χ0n) is 11.9. The van der Waals surface area contributed by atoms with Gasteiger partial charge in [-0.15, -0.1) is 17.0 Å². The topological polar surface area (TPSA) is 17.8 Å². The van der Waals surface area contributed by atoms with Crippen molar-refractivity contribution < 1.29 is 0 Å². The minimum atomic E-state index is 0. The Balaban J connectivity index is 0.00000132. The number of rotatable bonds is 1. The lowest BCUT2D eigenvalue weighted by Crippen LogP contribution is -2.13. The van der Waals surface area contributed by atoms with Gasteiger partial charge in [0.25, 0.3) is 0 Å². The summed E-state index contributed by atoms with van der Waals surface area (Å²) in [7, 11) is 0. The van der Waals surface area contributed by atoms with Crippen LogP contribution in [0.2, 0.25) is 0 Å². The SMILES string of the molecule is Br.Cc1ccc(-c2cn3c(n2)Cc2ccccc2C3)cc1. The summed E-state index contributed by atoms with van der Waals surface area (Å²) in [5.41, 5.74) is 6.37. The van der Waals surface area contributed by atoms with Crippen molar-refractivity contribution >= 4 is 17.0 Å². The number of fused-ring (bicyclic) bond motifs is 2. The molecule has 2 heterocycles. The van der Waals surface area contributed by atoms with E-state index in [2.05, 4.69) is 66.2 Å². The van der Waals surface area contributed by atoms with Crippen molar-refractivity contribution in [1.82, 2.24) is 9.55 Å².